The van der Waals surface area contributed by atoms with Gasteiger partial charge in [-0.05, 0) is 61.0 Å². The van der Waals surface area contributed by atoms with E-state index in [1.54, 1.807) is 36.4 Å². The first-order valence-corrected chi connectivity index (χ1v) is 13.3. The van der Waals surface area contributed by atoms with Crippen LogP contribution in [0.2, 0.25) is 0 Å². The number of rotatable bonds is 6. The molecular formula is C29H24N2O8S. The van der Waals surface area contributed by atoms with Crippen LogP contribution in [0.5, 0.6) is 28.7 Å². The van der Waals surface area contributed by atoms with Gasteiger partial charge in [0.05, 0.1) is 35.5 Å². The Morgan fingerprint density at radius 1 is 1.07 bits per heavy atom. The number of phenols is 1. The van der Waals surface area contributed by atoms with E-state index in [-0.39, 0.29) is 33.5 Å². The van der Waals surface area contributed by atoms with Gasteiger partial charge in [-0.2, -0.15) is 0 Å². The second kappa shape index (κ2) is 10.1. The van der Waals surface area contributed by atoms with E-state index in [1.807, 2.05) is 13.0 Å². The lowest BCUT2D eigenvalue weighted by atomic mass is 9.95. The predicted molar refractivity (Wildman–Crippen MR) is 148 cm³/mol. The molecule has 40 heavy (non-hydrogen) atoms. The van der Waals surface area contributed by atoms with Crippen LogP contribution in [0.4, 0.5) is 5.13 Å². The van der Waals surface area contributed by atoms with Gasteiger partial charge in [0.2, 0.25) is 0 Å². The van der Waals surface area contributed by atoms with Crippen molar-refractivity contribution in [3.63, 3.8) is 0 Å². The fourth-order valence-electron chi connectivity index (χ4n) is 4.81. The summed E-state index contributed by atoms with van der Waals surface area (Å²) in [5.41, 5.74) is 1.20. The molecule has 204 valence electrons. The molecule has 0 saturated carbocycles. The number of phenolic OH excluding ortho intramolecular Hbond substituents is 1. The number of ether oxygens (including phenoxy) is 4. The minimum absolute atomic E-state index is 0.113. The molecule has 11 heteroatoms. The molecule has 2 aliphatic heterocycles. The molecule has 1 aromatic heterocycles. The Morgan fingerprint density at radius 3 is 2.65 bits per heavy atom. The third kappa shape index (κ3) is 4.24. The Kier molecular flexibility index (Phi) is 6.43. The first-order valence-electron chi connectivity index (χ1n) is 12.5. The summed E-state index contributed by atoms with van der Waals surface area (Å²) < 4.78 is 22.9. The number of ketones is 1. The average Bonchev–Trinajstić information content (AvgIpc) is 3.50. The summed E-state index contributed by atoms with van der Waals surface area (Å²) in [7, 11) is 1.40. The van der Waals surface area contributed by atoms with E-state index < -0.39 is 17.7 Å². The molecule has 1 saturated heterocycles. The van der Waals surface area contributed by atoms with Gasteiger partial charge >= 0.3 is 5.91 Å². The van der Waals surface area contributed by atoms with E-state index in [0.717, 1.165) is 4.70 Å². The van der Waals surface area contributed by atoms with Crippen LogP contribution >= 0.6 is 11.3 Å². The molecule has 0 unspecified atom stereocenters. The number of aliphatic hydroxyl groups excluding tert-OH is 1. The van der Waals surface area contributed by atoms with Crippen molar-refractivity contribution >= 4 is 44.1 Å². The van der Waals surface area contributed by atoms with E-state index in [4.69, 9.17) is 18.9 Å². The van der Waals surface area contributed by atoms with Crippen molar-refractivity contribution in [1.82, 2.24) is 4.98 Å². The lowest BCUT2D eigenvalue weighted by Gasteiger charge is -2.24. The van der Waals surface area contributed by atoms with E-state index in [0.29, 0.717) is 48.1 Å². The molecule has 2 N–H and O–H groups in total. The highest BCUT2D eigenvalue weighted by molar-refractivity contribution is 7.22. The molecule has 3 heterocycles. The number of carbonyl (C=O) groups excluding carboxylic acids is 2. The van der Waals surface area contributed by atoms with Crippen molar-refractivity contribution in [3.8, 4) is 28.7 Å². The van der Waals surface area contributed by atoms with Gasteiger partial charge in [-0.1, -0.05) is 17.4 Å². The number of carbonyl (C=O) groups is 2. The van der Waals surface area contributed by atoms with E-state index in [9.17, 15) is 19.8 Å². The van der Waals surface area contributed by atoms with Crippen molar-refractivity contribution in [2.75, 3.05) is 31.8 Å². The summed E-state index contributed by atoms with van der Waals surface area (Å²) >= 11 is 1.22. The van der Waals surface area contributed by atoms with Gasteiger partial charge in [-0.15, -0.1) is 0 Å². The van der Waals surface area contributed by atoms with Crippen molar-refractivity contribution in [2.24, 2.45) is 0 Å². The van der Waals surface area contributed by atoms with Crippen LogP contribution in [0, 0.1) is 0 Å². The number of anilines is 1. The Balaban J connectivity index is 1.53. The number of aromatic hydroxyl groups is 1. The number of amides is 1. The smallest absolute Gasteiger partial charge is 0.301 e. The normalized spacial score (nSPS) is 17.9. The molecule has 4 aromatic rings. The van der Waals surface area contributed by atoms with Gasteiger partial charge in [-0.25, -0.2) is 4.98 Å². The first kappa shape index (κ1) is 25.5. The minimum Gasteiger partial charge on any atom is -0.507 e. The van der Waals surface area contributed by atoms with Gasteiger partial charge in [0.1, 0.15) is 24.7 Å². The number of aliphatic hydroxyl groups is 1. The van der Waals surface area contributed by atoms with Crippen LogP contribution in [0.3, 0.4) is 0 Å². The van der Waals surface area contributed by atoms with Crippen LogP contribution in [-0.4, -0.2) is 53.8 Å². The number of hydrogen-bond donors (Lipinski definition) is 2. The summed E-state index contributed by atoms with van der Waals surface area (Å²) in [6, 6.07) is 13.6. The van der Waals surface area contributed by atoms with E-state index in [2.05, 4.69) is 4.98 Å². The number of methoxy groups -OCH3 is 1. The van der Waals surface area contributed by atoms with Crippen LogP contribution in [0.1, 0.15) is 24.1 Å². The maximum absolute atomic E-state index is 13.6. The Morgan fingerprint density at radius 2 is 1.88 bits per heavy atom. The van der Waals surface area contributed by atoms with Gasteiger partial charge in [0.25, 0.3) is 5.78 Å². The number of aromatic nitrogens is 1. The molecule has 1 atom stereocenters. The van der Waals surface area contributed by atoms with E-state index >= 15 is 0 Å². The highest BCUT2D eigenvalue weighted by Crippen LogP contribution is 2.46. The SMILES string of the molecule is CCOc1ccc2nc(N3C(=O)C(=O)/C(=C(/O)c4ccc5c(c4)OCCO5)[C@H]3c3ccc(O)c(OC)c3)sc2c1. The molecule has 6 rings (SSSR count). The average molecular weight is 561 g/mol. The third-order valence-corrected chi connectivity index (χ3v) is 7.66. The van der Waals surface area contributed by atoms with E-state index in [1.165, 1.54) is 35.5 Å². The fourth-order valence-corrected chi connectivity index (χ4v) is 5.83. The van der Waals surface area contributed by atoms with Gasteiger partial charge < -0.3 is 29.2 Å². The number of hydrogen-bond acceptors (Lipinski definition) is 10. The molecule has 0 bridgehead atoms. The second-order valence-corrected chi connectivity index (χ2v) is 10.0. The third-order valence-electron chi connectivity index (χ3n) is 6.65. The number of nitrogens with zero attached hydrogens (tertiary/aromatic N) is 2. The number of benzene rings is 3. The largest absolute Gasteiger partial charge is 0.507 e. The van der Waals surface area contributed by atoms with Crippen molar-refractivity contribution in [3.05, 3.63) is 71.3 Å². The predicted octanol–water partition coefficient (Wildman–Crippen LogP) is 4.81. The first-order chi connectivity index (χ1) is 19.4. The van der Waals surface area contributed by atoms with Gasteiger partial charge in [-0.3, -0.25) is 14.5 Å². The van der Waals surface area contributed by atoms with Crippen LogP contribution < -0.4 is 23.8 Å². The highest BCUT2D eigenvalue weighted by Gasteiger charge is 2.48. The van der Waals surface area contributed by atoms with Gasteiger partial charge in [0.15, 0.2) is 28.1 Å². The summed E-state index contributed by atoms with van der Waals surface area (Å²) in [6.45, 7) is 3.13. The minimum atomic E-state index is -1.06. The molecule has 1 amide bonds. The van der Waals surface area contributed by atoms with Crippen molar-refractivity contribution in [2.45, 2.75) is 13.0 Å². The topological polar surface area (TPSA) is 128 Å². The maximum atomic E-state index is 13.6. The lowest BCUT2D eigenvalue weighted by molar-refractivity contribution is -0.132. The number of fused-ring (bicyclic) bond motifs is 2. The molecular weight excluding hydrogens is 536 g/mol. The molecule has 10 nitrogen and oxygen atoms in total. The van der Waals surface area contributed by atoms with Crippen LogP contribution in [0.25, 0.3) is 16.0 Å². The van der Waals surface area contributed by atoms with Crippen LogP contribution in [-0.2, 0) is 9.59 Å². The summed E-state index contributed by atoms with van der Waals surface area (Å²) in [5, 5.41) is 22.0. The number of thiazole rings is 1. The van der Waals surface area contributed by atoms with Crippen LogP contribution in [0.15, 0.2) is 60.2 Å². The zero-order chi connectivity index (χ0) is 28.0. The highest BCUT2D eigenvalue weighted by atomic mass is 32.1. The van der Waals surface area contributed by atoms with Crippen molar-refractivity contribution in [1.29, 1.82) is 0 Å². The molecule has 0 aliphatic carbocycles. The summed E-state index contributed by atoms with van der Waals surface area (Å²) in [6.07, 6.45) is 0. The molecule has 0 spiro atoms. The van der Waals surface area contributed by atoms with Gasteiger partial charge in [0, 0.05) is 5.56 Å². The lowest BCUT2D eigenvalue weighted by Crippen LogP contribution is -2.29. The monoisotopic (exact) mass is 560 g/mol. The number of Topliss-reactive ketones (excluding diaryl/α,β-unsaturated/α-hetero) is 1. The quantitative estimate of drug-likeness (QED) is 0.194. The zero-order valence-corrected chi connectivity index (χ0v) is 22.4. The molecule has 3 aromatic carbocycles. The Hall–Kier alpha value is -4.77. The molecule has 0 radical (unpaired) electrons. The second-order valence-electron chi connectivity index (χ2n) is 9.02. The maximum Gasteiger partial charge on any atom is 0.301 e. The Labute approximate surface area is 232 Å². The molecule has 1 fully saturated rings. The summed E-state index contributed by atoms with van der Waals surface area (Å²) in [5.74, 6) is -0.474. The molecule has 2 aliphatic rings. The van der Waals surface area contributed by atoms with Crippen molar-refractivity contribution < 1.29 is 38.7 Å². The zero-order valence-electron chi connectivity index (χ0n) is 21.5. The Bertz CT molecular complexity index is 1690. The fraction of sp³-hybridized carbons (Fsp3) is 0.207. The summed E-state index contributed by atoms with van der Waals surface area (Å²) in [4.78, 5) is 33.0. The standard InChI is InChI=1S/C29H24N2O8S/c1-3-37-17-6-7-18-23(14-17)40-29(30-18)31-25(15-4-8-19(32)21(12-15)36-2)24(27(34)28(31)35)26(33)16-5-9-20-22(13-16)39-11-10-38-20/h4-9,12-14,25,32-33H,3,10-11H2,1-2H3/b26-24+/t25-/m1/s1.